The van der Waals surface area contributed by atoms with Crippen molar-refractivity contribution >= 4 is 5.91 Å². The minimum atomic E-state index is -1.07. The Labute approximate surface area is 115 Å². The Morgan fingerprint density at radius 1 is 1.65 bits per heavy atom. The van der Waals surface area contributed by atoms with Crippen LogP contribution in [-0.4, -0.2) is 32.6 Å². The van der Waals surface area contributed by atoms with Crippen molar-refractivity contribution in [3.63, 3.8) is 0 Å². The summed E-state index contributed by atoms with van der Waals surface area (Å²) in [7, 11) is 1.69. The van der Waals surface area contributed by atoms with E-state index in [1.807, 2.05) is 0 Å². The van der Waals surface area contributed by atoms with Crippen LogP contribution in [0.25, 0.3) is 0 Å². The third kappa shape index (κ3) is 2.20. The number of aryl methyl sites for hydroxylation is 2. The Balaban J connectivity index is 1.71. The first-order chi connectivity index (χ1) is 9.58. The van der Waals surface area contributed by atoms with Gasteiger partial charge in [-0.05, 0) is 18.9 Å². The van der Waals surface area contributed by atoms with Gasteiger partial charge in [0, 0.05) is 19.0 Å². The summed E-state index contributed by atoms with van der Waals surface area (Å²) in [5.74, 6) is 0.453. The fourth-order valence-electron chi connectivity index (χ4n) is 2.58. The van der Waals surface area contributed by atoms with Gasteiger partial charge >= 0.3 is 0 Å². The number of carbonyl (C=O) groups excluding carboxylic acids is 1. The van der Waals surface area contributed by atoms with Gasteiger partial charge in [-0.3, -0.25) is 9.48 Å². The fraction of sp³-hybridized carbons (Fsp3) is 0.462. The number of carbonyl (C=O) groups is 1. The Bertz CT molecular complexity index is 633. The summed E-state index contributed by atoms with van der Waals surface area (Å²) in [6, 6.07) is 1.77. The summed E-state index contributed by atoms with van der Waals surface area (Å²) in [6.45, 7) is 0.134. The Kier molecular flexibility index (Phi) is 3.06. The number of aromatic nitrogens is 3. The minimum Gasteiger partial charge on any atom is -0.469 e. The molecule has 0 spiro atoms. The zero-order valence-electron chi connectivity index (χ0n) is 11.2. The lowest BCUT2D eigenvalue weighted by Gasteiger charge is -2.31. The van der Waals surface area contributed by atoms with Crippen molar-refractivity contribution in [1.82, 2.24) is 20.3 Å². The molecule has 3 rings (SSSR count). The van der Waals surface area contributed by atoms with Gasteiger partial charge in [-0.1, -0.05) is 5.21 Å². The average Bonchev–Trinajstić information content (AvgIpc) is 3.06. The van der Waals surface area contributed by atoms with Crippen LogP contribution in [-0.2, 0) is 19.1 Å². The molecule has 2 N–H and O–H groups in total. The molecule has 2 aromatic rings. The quantitative estimate of drug-likeness (QED) is 0.844. The highest BCUT2D eigenvalue weighted by Gasteiger charge is 2.36. The summed E-state index contributed by atoms with van der Waals surface area (Å²) < 4.78 is 6.80. The molecule has 0 aliphatic heterocycles. The number of rotatable bonds is 3. The monoisotopic (exact) mass is 276 g/mol. The number of hydrogen-bond donors (Lipinski definition) is 2. The van der Waals surface area contributed by atoms with E-state index < -0.39 is 5.60 Å². The third-order valence-electron chi connectivity index (χ3n) is 3.62. The van der Waals surface area contributed by atoms with Crippen LogP contribution in [0.3, 0.4) is 0 Å². The smallest absolute Gasteiger partial charge is 0.273 e. The molecule has 0 saturated carbocycles. The highest BCUT2D eigenvalue weighted by Crippen LogP contribution is 2.35. The number of nitrogens with zero attached hydrogens (tertiary/aromatic N) is 3. The van der Waals surface area contributed by atoms with E-state index in [2.05, 4.69) is 15.6 Å². The van der Waals surface area contributed by atoms with Crippen LogP contribution in [0.15, 0.2) is 22.9 Å². The number of fused-ring (bicyclic) bond motifs is 1. The molecule has 7 nitrogen and oxygen atoms in total. The Morgan fingerprint density at radius 3 is 3.25 bits per heavy atom. The molecule has 106 valence electrons. The summed E-state index contributed by atoms with van der Waals surface area (Å²) in [6.07, 6.45) is 5.36. The first-order valence-electron chi connectivity index (χ1n) is 6.52. The molecule has 0 radical (unpaired) electrons. The van der Waals surface area contributed by atoms with Crippen molar-refractivity contribution in [1.29, 1.82) is 0 Å². The number of nitrogens with one attached hydrogen (secondary N) is 1. The number of hydrogen-bond acceptors (Lipinski definition) is 5. The number of aliphatic hydroxyl groups is 1. The third-order valence-corrected chi connectivity index (χ3v) is 3.62. The van der Waals surface area contributed by atoms with Crippen molar-refractivity contribution < 1.29 is 14.3 Å². The van der Waals surface area contributed by atoms with E-state index in [-0.39, 0.29) is 18.1 Å². The molecule has 1 atom stereocenters. The summed E-state index contributed by atoms with van der Waals surface area (Å²) in [5.41, 5.74) is -0.0686. The average molecular weight is 276 g/mol. The van der Waals surface area contributed by atoms with E-state index in [0.29, 0.717) is 6.42 Å². The van der Waals surface area contributed by atoms with Crippen molar-refractivity contribution in [2.75, 3.05) is 6.54 Å². The van der Waals surface area contributed by atoms with Crippen molar-refractivity contribution in [3.8, 4) is 0 Å². The lowest BCUT2D eigenvalue weighted by Crippen LogP contribution is -2.42. The Hall–Kier alpha value is -2.15. The van der Waals surface area contributed by atoms with Crippen molar-refractivity contribution in [3.05, 3.63) is 35.5 Å². The highest BCUT2D eigenvalue weighted by molar-refractivity contribution is 5.91. The van der Waals surface area contributed by atoms with Gasteiger partial charge in [0.2, 0.25) is 0 Å². The first kappa shape index (κ1) is 12.9. The van der Waals surface area contributed by atoms with Gasteiger partial charge in [-0.2, -0.15) is 0 Å². The topological polar surface area (TPSA) is 93.2 Å². The molecule has 0 aromatic carbocycles. The first-order valence-corrected chi connectivity index (χ1v) is 6.52. The molecule has 1 amide bonds. The second-order valence-electron chi connectivity index (χ2n) is 5.10. The molecule has 2 heterocycles. The predicted octanol–water partition coefficient (Wildman–Crippen LogP) is 0.362. The standard InChI is InChI=1S/C13H16N4O3/c1-17-7-10(15-16-17)12(18)14-8-13(19)5-2-3-11-9(13)4-6-20-11/h4,6-7,19H,2-3,5,8H2,1H3,(H,14,18). The lowest BCUT2D eigenvalue weighted by atomic mass is 9.83. The molecule has 1 aliphatic rings. The van der Waals surface area contributed by atoms with E-state index in [1.54, 1.807) is 19.4 Å². The molecule has 20 heavy (non-hydrogen) atoms. The molecule has 1 unspecified atom stereocenters. The van der Waals surface area contributed by atoms with Gasteiger partial charge in [-0.15, -0.1) is 5.10 Å². The van der Waals surface area contributed by atoms with Crippen molar-refractivity contribution in [2.45, 2.75) is 24.9 Å². The van der Waals surface area contributed by atoms with Gasteiger partial charge in [0.25, 0.3) is 5.91 Å². The van der Waals surface area contributed by atoms with E-state index >= 15 is 0 Å². The van der Waals surface area contributed by atoms with E-state index in [9.17, 15) is 9.90 Å². The molecular weight excluding hydrogens is 260 g/mol. The summed E-state index contributed by atoms with van der Waals surface area (Å²) >= 11 is 0. The summed E-state index contributed by atoms with van der Waals surface area (Å²) in [4.78, 5) is 11.9. The molecule has 1 aliphatic carbocycles. The van der Waals surface area contributed by atoms with Gasteiger partial charge in [-0.25, -0.2) is 0 Å². The largest absolute Gasteiger partial charge is 0.469 e. The van der Waals surface area contributed by atoms with Gasteiger partial charge < -0.3 is 14.8 Å². The van der Waals surface area contributed by atoms with E-state index in [0.717, 1.165) is 24.2 Å². The predicted molar refractivity (Wildman–Crippen MR) is 68.9 cm³/mol. The van der Waals surface area contributed by atoms with Gasteiger partial charge in [0.1, 0.15) is 11.4 Å². The van der Waals surface area contributed by atoms with Crippen LogP contribution in [0.2, 0.25) is 0 Å². The second kappa shape index (κ2) is 4.75. The second-order valence-corrected chi connectivity index (χ2v) is 5.10. The maximum Gasteiger partial charge on any atom is 0.273 e. The molecule has 0 saturated heterocycles. The molecule has 0 fully saturated rings. The lowest BCUT2D eigenvalue weighted by molar-refractivity contribution is 0.0168. The fourth-order valence-corrected chi connectivity index (χ4v) is 2.58. The Morgan fingerprint density at radius 2 is 2.50 bits per heavy atom. The zero-order chi connectivity index (χ0) is 14.2. The highest BCUT2D eigenvalue weighted by atomic mass is 16.3. The van der Waals surface area contributed by atoms with E-state index in [1.165, 1.54) is 10.9 Å². The van der Waals surface area contributed by atoms with Crippen LogP contribution in [0, 0.1) is 0 Å². The summed E-state index contributed by atoms with van der Waals surface area (Å²) in [5, 5.41) is 20.8. The van der Waals surface area contributed by atoms with Gasteiger partial charge in [0.15, 0.2) is 5.69 Å². The number of amides is 1. The normalized spacial score (nSPS) is 21.5. The molecule has 2 aromatic heterocycles. The van der Waals surface area contributed by atoms with Crippen LogP contribution < -0.4 is 5.32 Å². The van der Waals surface area contributed by atoms with Crippen LogP contribution in [0.1, 0.15) is 34.7 Å². The van der Waals surface area contributed by atoms with Crippen molar-refractivity contribution in [2.24, 2.45) is 7.05 Å². The SMILES string of the molecule is Cn1cc(C(=O)NCC2(O)CCCc3occc32)nn1. The van der Waals surface area contributed by atoms with Crippen LogP contribution in [0.4, 0.5) is 0 Å². The molecular formula is C13H16N4O3. The van der Waals surface area contributed by atoms with Crippen LogP contribution in [0.5, 0.6) is 0 Å². The zero-order valence-corrected chi connectivity index (χ0v) is 11.2. The number of furan rings is 1. The maximum absolute atomic E-state index is 11.9. The van der Waals surface area contributed by atoms with E-state index in [4.69, 9.17) is 4.42 Å². The molecule has 0 bridgehead atoms. The van der Waals surface area contributed by atoms with Gasteiger partial charge in [0.05, 0.1) is 19.0 Å². The van der Waals surface area contributed by atoms with Crippen LogP contribution >= 0.6 is 0 Å². The molecule has 7 heteroatoms. The maximum atomic E-state index is 11.9. The minimum absolute atomic E-state index is 0.134.